The summed E-state index contributed by atoms with van der Waals surface area (Å²) in [5.41, 5.74) is -3.32. The number of hydrogen-bond donors (Lipinski definition) is 5. The summed E-state index contributed by atoms with van der Waals surface area (Å²) in [5.74, 6) is -2.48. The van der Waals surface area contributed by atoms with Crippen molar-refractivity contribution in [1.29, 1.82) is 0 Å². The smallest absolute Gasteiger partial charge is 0.311 e. The summed E-state index contributed by atoms with van der Waals surface area (Å²) >= 11 is 1.51. The second kappa shape index (κ2) is 18.1. The van der Waals surface area contributed by atoms with Crippen LogP contribution in [0.1, 0.15) is 94.9 Å². The first-order valence-electron chi connectivity index (χ1n) is 19.1. The molecule has 3 fully saturated rings. The number of cyclic esters (lactones) is 1. The van der Waals surface area contributed by atoms with Crippen molar-refractivity contribution in [2.24, 2.45) is 17.8 Å². The topological polar surface area (TPSA) is 171 Å². The lowest BCUT2D eigenvalue weighted by Crippen LogP contribution is -2.60. The molecule has 0 unspecified atom stereocenters. The van der Waals surface area contributed by atoms with E-state index >= 15 is 0 Å². The summed E-state index contributed by atoms with van der Waals surface area (Å²) in [4.78, 5) is 18.1. The average molecular weight is 765 g/mol. The van der Waals surface area contributed by atoms with Crippen molar-refractivity contribution < 1.29 is 54.0 Å². The lowest BCUT2D eigenvalue weighted by atomic mass is 9.77. The summed E-state index contributed by atoms with van der Waals surface area (Å²) in [6.45, 7) is 18.4. The Kier molecular flexibility index (Phi) is 15.9. The van der Waals surface area contributed by atoms with E-state index in [1.165, 1.54) is 18.7 Å². The number of hydrogen-bond acceptors (Lipinski definition) is 14. The monoisotopic (exact) mass is 764 g/mol. The Hall–Kier alpha value is -0.620. The number of carbonyl (C=O) groups excluding carboxylic acids is 1. The van der Waals surface area contributed by atoms with Crippen LogP contribution in [0.3, 0.4) is 0 Å². The maximum Gasteiger partial charge on any atom is 0.311 e. The van der Waals surface area contributed by atoms with Crippen molar-refractivity contribution in [1.82, 2.24) is 9.80 Å². The number of rotatable bonds is 7. The molecule has 0 aromatic rings. The third-order valence-electron chi connectivity index (χ3n) is 12.2. The van der Waals surface area contributed by atoms with E-state index in [0.29, 0.717) is 19.4 Å². The van der Waals surface area contributed by atoms with E-state index < -0.39 is 95.1 Å². The van der Waals surface area contributed by atoms with Crippen molar-refractivity contribution >= 4 is 17.7 Å². The lowest BCUT2D eigenvalue weighted by Gasteiger charge is -2.49. The van der Waals surface area contributed by atoms with Gasteiger partial charge in [-0.3, -0.25) is 4.79 Å². The van der Waals surface area contributed by atoms with Gasteiger partial charge in [0.1, 0.15) is 23.9 Å². The highest BCUT2D eigenvalue weighted by molar-refractivity contribution is 8.00. The average Bonchev–Trinajstić information content (AvgIpc) is 3.05. The van der Waals surface area contributed by atoms with Gasteiger partial charge in [-0.1, -0.05) is 20.8 Å². The van der Waals surface area contributed by atoms with E-state index in [1.807, 2.05) is 71.8 Å². The molecule has 3 heterocycles. The van der Waals surface area contributed by atoms with Crippen molar-refractivity contribution in [3.63, 3.8) is 0 Å². The van der Waals surface area contributed by atoms with Gasteiger partial charge in [0.05, 0.1) is 42.0 Å². The summed E-state index contributed by atoms with van der Waals surface area (Å²) in [6, 6.07) is -0.786. The van der Waals surface area contributed by atoms with E-state index in [4.69, 9.17) is 23.7 Å². The fraction of sp³-hybridized carbons (Fsp3) is 0.974. The SMILES string of the molecule is CC[C@H]1OC(=O)[C@H](C)[C@@H](O[C@H]2C[C@](C)(SC)[C@H](O)[C@H](C)O2)[C@H](C)[C@@H](O[C@@H]2O[C@H](C)C[C@H](N(C)C)[C@H]2O)[C@](C)(O)C[C@@H](C)CN(C)[C@H](C)[C@@H](O)[C@@]1(C)O. The van der Waals surface area contributed by atoms with Crippen molar-refractivity contribution in [3.05, 3.63) is 0 Å². The molecule has 0 amide bonds. The van der Waals surface area contributed by atoms with Crippen molar-refractivity contribution in [2.75, 3.05) is 33.9 Å². The maximum absolute atomic E-state index is 14.2. The number of likely N-dealkylation sites (N-methyl/N-ethyl adjacent to an activating group) is 2. The number of esters is 1. The minimum atomic E-state index is -1.79. The minimum Gasteiger partial charge on any atom is -0.459 e. The molecule has 0 aromatic carbocycles. The molecule has 3 aliphatic heterocycles. The van der Waals surface area contributed by atoms with Crippen LogP contribution in [0.5, 0.6) is 0 Å². The Bertz CT molecular complexity index is 1150. The standard InChI is InChI=1S/C38H72N2O11S/c1-15-27-38(10,46)31(42)24(6)40(13)19-20(2)17-36(8,45)33(51-35-29(41)26(39(11)12)16-21(3)47-35)22(4)30(23(5)34(44)49-27)50-28-18-37(9,52-14)32(43)25(7)48-28/h20-33,35,41-43,45-46H,15-19H2,1-14H3/t20-,21-,22+,23-,24-,25+,26+,27-,28+,29-,30+,31-,32-,33-,35+,36-,37+,38+/m1/s1. The minimum absolute atomic E-state index is 0.128. The first-order valence-corrected chi connectivity index (χ1v) is 20.4. The van der Waals surface area contributed by atoms with Crippen LogP contribution >= 0.6 is 11.8 Å². The molecule has 52 heavy (non-hydrogen) atoms. The van der Waals surface area contributed by atoms with Gasteiger partial charge in [0, 0.05) is 35.7 Å². The summed E-state index contributed by atoms with van der Waals surface area (Å²) in [5, 5.41) is 58.3. The fourth-order valence-corrected chi connectivity index (χ4v) is 9.47. The molecule has 13 nitrogen and oxygen atoms in total. The van der Waals surface area contributed by atoms with E-state index in [-0.39, 0.29) is 30.9 Å². The number of thioether (sulfide) groups is 1. The molecule has 0 aliphatic carbocycles. The highest BCUT2D eigenvalue weighted by atomic mass is 32.2. The molecule has 306 valence electrons. The second-order valence-electron chi connectivity index (χ2n) is 17.2. The van der Waals surface area contributed by atoms with Gasteiger partial charge in [0.2, 0.25) is 0 Å². The van der Waals surface area contributed by atoms with Crippen molar-refractivity contribution in [2.45, 2.75) is 184 Å². The molecular formula is C38H72N2O11S. The molecule has 3 saturated heterocycles. The van der Waals surface area contributed by atoms with E-state index in [9.17, 15) is 30.3 Å². The van der Waals surface area contributed by atoms with E-state index in [1.54, 1.807) is 27.7 Å². The maximum atomic E-state index is 14.2. The normalized spacial score (nSPS) is 49.6. The molecule has 0 saturated carbocycles. The number of nitrogens with zero attached hydrogens (tertiary/aromatic N) is 2. The highest BCUT2D eigenvalue weighted by Crippen LogP contribution is 2.42. The first-order chi connectivity index (χ1) is 23.9. The van der Waals surface area contributed by atoms with Gasteiger partial charge in [0.25, 0.3) is 0 Å². The number of carbonyl (C=O) groups is 1. The third kappa shape index (κ3) is 10.2. The van der Waals surface area contributed by atoms with Gasteiger partial charge in [-0.2, -0.15) is 11.8 Å². The number of ether oxygens (including phenoxy) is 5. The Labute approximate surface area is 317 Å². The van der Waals surface area contributed by atoms with Crippen LogP contribution in [0.2, 0.25) is 0 Å². The molecule has 0 radical (unpaired) electrons. The molecule has 14 heteroatoms. The van der Waals surface area contributed by atoms with Crippen LogP contribution < -0.4 is 0 Å². The van der Waals surface area contributed by atoms with Gasteiger partial charge >= 0.3 is 5.97 Å². The summed E-state index contributed by atoms with van der Waals surface area (Å²) in [7, 11) is 5.64. The zero-order valence-corrected chi connectivity index (χ0v) is 35.0. The Morgan fingerprint density at radius 3 is 2.13 bits per heavy atom. The van der Waals surface area contributed by atoms with E-state index in [2.05, 4.69) is 0 Å². The third-order valence-corrected chi connectivity index (χ3v) is 13.5. The van der Waals surface area contributed by atoms with Gasteiger partial charge in [-0.25, -0.2) is 0 Å². The molecule has 0 bridgehead atoms. The molecule has 0 spiro atoms. The zero-order valence-electron chi connectivity index (χ0n) is 34.2. The molecule has 18 atom stereocenters. The van der Waals surface area contributed by atoms with Crippen LogP contribution in [0.4, 0.5) is 0 Å². The van der Waals surface area contributed by atoms with Crippen LogP contribution in [-0.2, 0) is 28.5 Å². The Morgan fingerprint density at radius 2 is 1.58 bits per heavy atom. The van der Waals surface area contributed by atoms with Gasteiger partial charge in [0.15, 0.2) is 12.6 Å². The molecule has 3 aliphatic rings. The lowest BCUT2D eigenvalue weighted by molar-refractivity contribution is -0.308. The summed E-state index contributed by atoms with van der Waals surface area (Å²) in [6.07, 6.45) is -5.50. The molecule has 3 rings (SSSR count). The van der Waals surface area contributed by atoms with Crippen LogP contribution in [-0.4, -0.2) is 165 Å². The van der Waals surface area contributed by atoms with Crippen LogP contribution in [0, 0.1) is 17.8 Å². The number of aliphatic hydroxyl groups is 5. The second-order valence-corrected chi connectivity index (χ2v) is 18.5. The first kappa shape index (κ1) is 45.8. The predicted molar refractivity (Wildman–Crippen MR) is 201 cm³/mol. The summed E-state index contributed by atoms with van der Waals surface area (Å²) < 4.78 is 31.4. The number of aliphatic hydroxyl groups excluding tert-OH is 3. The van der Waals surface area contributed by atoms with Gasteiger partial charge in [-0.15, -0.1) is 0 Å². The molecule has 5 N–H and O–H groups in total. The Balaban J connectivity index is 2.17. The van der Waals surface area contributed by atoms with Gasteiger partial charge < -0.3 is 59.0 Å². The van der Waals surface area contributed by atoms with Crippen LogP contribution in [0.15, 0.2) is 0 Å². The molecule has 0 aromatic heterocycles. The zero-order chi connectivity index (χ0) is 39.7. The fourth-order valence-electron chi connectivity index (χ4n) is 8.74. The highest BCUT2D eigenvalue weighted by Gasteiger charge is 2.52. The van der Waals surface area contributed by atoms with Crippen LogP contribution in [0.25, 0.3) is 0 Å². The molecular weight excluding hydrogens is 692 g/mol. The quantitative estimate of drug-likeness (QED) is 0.240. The Morgan fingerprint density at radius 1 is 0.962 bits per heavy atom. The van der Waals surface area contributed by atoms with Gasteiger partial charge in [-0.05, 0) is 101 Å². The predicted octanol–water partition coefficient (Wildman–Crippen LogP) is 2.62. The van der Waals surface area contributed by atoms with Crippen molar-refractivity contribution in [3.8, 4) is 0 Å². The largest absolute Gasteiger partial charge is 0.459 e. The van der Waals surface area contributed by atoms with E-state index in [0.717, 1.165) is 0 Å².